The summed E-state index contributed by atoms with van der Waals surface area (Å²) in [5, 5.41) is 3.43. The standard InChI is InChI=1S/C15H30N4/c1-4-16-15(18-10-5-6-11-18)17-9-12-19(13(2)3)14-7-8-14/h13-14H,4-12H2,1-3H3,(H,16,17). The van der Waals surface area contributed by atoms with Crippen LogP contribution in [0.5, 0.6) is 0 Å². The molecule has 19 heavy (non-hydrogen) atoms. The molecule has 1 heterocycles. The van der Waals surface area contributed by atoms with Gasteiger partial charge in [-0.25, -0.2) is 0 Å². The van der Waals surface area contributed by atoms with E-state index in [4.69, 9.17) is 4.99 Å². The van der Waals surface area contributed by atoms with Crippen molar-refractivity contribution in [3.63, 3.8) is 0 Å². The Morgan fingerprint density at radius 2 is 2.00 bits per heavy atom. The van der Waals surface area contributed by atoms with Gasteiger partial charge >= 0.3 is 0 Å². The summed E-state index contributed by atoms with van der Waals surface area (Å²) < 4.78 is 0. The molecule has 0 unspecified atom stereocenters. The highest BCUT2D eigenvalue weighted by molar-refractivity contribution is 5.80. The Hall–Kier alpha value is -0.770. The Kier molecular flexibility index (Phi) is 5.49. The molecule has 0 aromatic rings. The average Bonchev–Trinajstić information content (AvgIpc) is 3.06. The first kappa shape index (κ1) is 14.6. The monoisotopic (exact) mass is 266 g/mol. The zero-order valence-corrected chi connectivity index (χ0v) is 12.9. The van der Waals surface area contributed by atoms with Crippen molar-refractivity contribution in [3.8, 4) is 0 Å². The van der Waals surface area contributed by atoms with Crippen LogP contribution in [0.2, 0.25) is 0 Å². The van der Waals surface area contributed by atoms with Gasteiger partial charge in [-0.2, -0.15) is 0 Å². The van der Waals surface area contributed by atoms with Crippen molar-refractivity contribution >= 4 is 5.96 Å². The van der Waals surface area contributed by atoms with Crippen molar-refractivity contribution < 1.29 is 0 Å². The van der Waals surface area contributed by atoms with Crippen LogP contribution in [0.3, 0.4) is 0 Å². The molecule has 4 heteroatoms. The summed E-state index contributed by atoms with van der Waals surface area (Å²) in [7, 11) is 0. The highest BCUT2D eigenvalue weighted by Gasteiger charge is 2.30. The van der Waals surface area contributed by atoms with E-state index in [2.05, 4.69) is 35.9 Å². The second-order valence-corrected chi connectivity index (χ2v) is 5.99. The fraction of sp³-hybridized carbons (Fsp3) is 0.933. The summed E-state index contributed by atoms with van der Waals surface area (Å²) in [5.41, 5.74) is 0. The van der Waals surface area contributed by atoms with Gasteiger partial charge in [0.2, 0.25) is 0 Å². The van der Waals surface area contributed by atoms with Crippen LogP contribution in [0.25, 0.3) is 0 Å². The number of guanidine groups is 1. The van der Waals surface area contributed by atoms with Gasteiger partial charge in [0.15, 0.2) is 5.96 Å². The van der Waals surface area contributed by atoms with E-state index in [1.165, 1.54) is 38.8 Å². The fourth-order valence-corrected chi connectivity index (χ4v) is 2.89. The summed E-state index contributed by atoms with van der Waals surface area (Å²) in [6.45, 7) is 12.1. The van der Waals surface area contributed by atoms with E-state index in [0.717, 1.165) is 31.6 Å². The maximum atomic E-state index is 4.82. The minimum absolute atomic E-state index is 0.650. The van der Waals surface area contributed by atoms with Gasteiger partial charge in [-0.3, -0.25) is 9.89 Å². The lowest BCUT2D eigenvalue weighted by atomic mass is 10.3. The van der Waals surface area contributed by atoms with Crippen LogP contribution in [-0.4, -0.2) is 60.6 Å². The van der Waals surface area contributed by atoms with E-state index in [1.807, 2.05) is 0 Å². The summed E-state index contributed by atoms with van der Waals surface area (Å²) in [6, 6.07) is 1.49. The Balaban J connectivity index is 1.82. The lowest BCUT2D eigenvalue weighted by Gasteiger charge is -2.26. The normalized spacial score (nSPS) is 20.7. The molecule has 1 aliphatic heterocycles. The topological polar surface area (TPSA) is 30.9 Å². The molecule has 0 aromatic carbocycles. The molecule has 1 saturated carbocycles. The Morgan fingerprint density at radius 1 is 1.32 bits per heavy atom. The number of nitrogens with zero attached hydrogens (tertiary/aromatic N) is 3. The van der Waals surface area contributed by atoms with E-state index in [1.54, 1.807) is 0 Å². The highest BCUT2D eigenvalue weighted by Crippen LogP contribution is 2.28. The summed E-state index contributed by atoms with van der Waals surface area (Å²) in [6.07, 6.45) is 5.39. The maximum absolute atomic E-state index is 4.82. The van der Waals surface area contributed by atoms with Gasteiger partial charge < -0.3 is 10.2 Å². The van der Waals surface area contributed by atoms with Crippen LogP contribution in [0.1, 0.15) is 46.5 Å². The van der Waals surface area contributed by atoms with E-state index < -0.39 is 0 Å². The van der Waals surface area contributed by atoms with Gasteiger partial charge in [-0.05, 0) is 46.5 Å². The smallest absolute Gasteiger partial charge is 0.193 e. The molecule has 2 rings (SSSR count). The van der Waals surface area contributed by atoms with E-state index in [9.17, 15) is 0 Å². The molecular formula is C15H30N4. The van der Waals surface area contributed by atoms with Gasteiger partial charge in [0.05, 0.1) is 6.54 Å². The zero-order valence-electron chi connectivity index (χ0n) is 12.9. The Morgan fingerprint density at radius 3 is 2.53 bits per heavy atom. The van der Waals surface area contributed by atoms with Gasteiger partial charge in [0.1, 0.15) is 0 Å². The van der Waals surface area contributed by atoms with Gasteiger partial charge in [0.25, 0.3) is 0 Å². The summed E-state index contributed by atoms with van der Waals surface area (Å²) in [5.74, 6) is 1.12. The summed E-state index contributed by atoms with van der Waals surface area (Å²) in [4.78, 5) is 9.83. The molecule has 1 aliphatic carbocycles. The number of likely N-dealkylation sites (tertiary alicyclic amines) is 1. The average molecular weight is 266 g/mol. The highest BCUT2D eigenvalue weighted by atomic mass is 15.3. The predicted molar refractivity (Wildman–Crippen MR) is 81.6 cm³/mol. The van der Waals surface area contributed by atoms with Crippen molar-refractivity contribution in [3.05, 3.63) is 0 Å². The Bertz CT molecular complexity index is 289. The first-order chi connectivity index (χ1) is 9.22. The molecule has 0 aromatic heterocycles. The largest absolute Gasteiger partial charge is 0.357 e. The molecule has 0 amide bonds. The molecule has 1 N–H and O–H groups in total. The van der Waals surface area contributed by atoms with Crippen molar-refractivity contribution in [2.24, 2.45) is 4.99 Å². The Labute approximate surface area is 118 Å². The van der Waals surface area contributed by atoms with Crippen molar-refractivity contribution in [1.29, 1.82) is 0 Å². The quantitative estimate of drug-likeness (QED) is 0.588. The minimum atomic E-state index is 0.650. The molecule has 110 valence electrons. The third kappa shape index (κ3) is 4.37. The second-order valence-electron chi connectivity index (χ2n) is 5.99. The zero-order chi connectivity index (χ0) is 13.7. The van der Waals surface area contributed by atoms with Crippen molar-refractivity contribution in [2.75, 3.05) is 32.7 Å². The summed E-state index contributed by atoms with van der Waals surface area (Å²) >= 11 is 0. The molecule has 4 nitrogen and oxygen atoms in total. The molecular weight excluding hydrogens is 236 g/mol. The van der Waals surface area contributed by atoms with E-state index in [0.29, 0.717) is 6.04 Å². The predicted octanol–water partition coefficient (Wildman–Crippen LogP) is 1.92. The third-order valence-corrected chi connectivity index (χ3v) is 4.04. The van der Waals surface area contributed by atoms with Crippen molar-refractivity contribution in [2.45, 2.75) is 58.5 Å². The number of hydrogen-bond acceptors (Lipinski definition) is 2. The van der Waals surface area contributed by atoms with Gasteiger partial charge in [0, 0.05) is 38.3 Å². The number of rotatable bonds is 6. The lowest BCUT2D eigenvalue weighted by Crippen LogP contribution is -2.40. The number of hydrogen-bond donors (Lipinski definition) is 1. The maximum Gasteiger partial charge on any atom is 0.193 e. The number of aliphatic imine (C=N–C) groups is 1. The molecule has 2 aliphatic rings. The van der Waals surface area contributed by atoms with Crippen LogP contribution >= 0.6 is 0 Å². The molecule has 0 atom stereocenters. The van der Waals surface area contributed by atoms with Crippen LogP contribution in [-0.2, 0) is 0 Å². The minimum Gasteiger partial charge on any atom is -0.357 e. The third-order valence-electron chi connectivity index (χ3n) is 4.04. The van der Waals surface area contributed by atoms with Crippen LogP contribution < -0.4 is 5.32 Å². The SMILES string of the molecule is CCNC(=NCCN(C(C)C)C1CC1)N1CCCC1. The van der Waals surface area contributed by atoms with Gasteiger partial charge in [-0.15, -0.1) is 0 Å². The molecule has 2 fully saturated rings. The van der Waals surface area contributed by atoms with Gasteiger partial charge in [-0.1, -0.05) is 0 Å². The van der Waals surface area contributed by atoms with Crippen LogP contribution in [0.4, 0.5) is 0 Å². The lowest BCUT2D eigenvalue weighted by molar-refractivity contribution is 0.217. The first-order valence-corrected chi connectivity index (χ1v) is 8.01. The second kappa shape index (κ2) is 7.13. The van der Waals surface area contributed by atoms with E-state index in [-0.39, 0.29) is 0 Å². The fourth-order valence-electron chi connectivity index (χ4n) is 2.89. The van der Waals surface area contributed by atoms with Crippen molar-refractivity contribution in [1.82, 2.24) is 15.1 Å². The number of nitrogens with one attached hydrogen (secondary N) is 1. The molecule has 0 spiro atoms. The van der Waals surface area contributed by atoms with Crippen LogP contribution in [0, 0.1) is 0 Å². The van der Waals surface area contributed by atoms with E-state index >= 15 is 0 Å². The molecule has 0 bridgehead atoms. The first-order valence-electron chi connectivity index (χ1n) is 8.01. The van der Waals surface area contributed by atoms with Crippen LogP contribution in [0.15, 0.2) is 4.99 Å². The molecule has 1 saturated heterocycles. The molecule has 0 radical (unpaired) electrons.